The first kappa shape index (κ1) is 39.3. The van der Waals surface area contributed by atoms with E-state index in [-0.39, 0.29) is 19.8 Å². The number of hydrogen-bond donors (Lipinski definition) is 1. The van der Waals surface area contributed by atoms with Gasteiger partial charge in [-0.2, -0.15) is 0 Å². The van der Waals surface area contributed by atoms with Crippen molar-refractivity contribution in [3.05, 3.63) is 0 Å². The number of carbonyl (C=O) groups excluding carboxylic acids is 1. The molecule has 270 valence electrons. The van der Waals surface area contributed by atoms with Crippen LogP contribution in [0.1, 0.15) is 6.92 Å². The highest BCUT2D eigenvalue weighted by Crippen LogP contribution is 2.36. The topological polar surface area (TPSA) is 176 Å². The van der Waals surface area contributed by atoms with E-state index in [0.717, 1.165) is 0 Å². The second-order valence-corrected chi connectivity index (χ2v) is 11.0. The van der Waals surface area contributed by atoms with Crippen molar-refractivity contribution in [2.45, 2.75) is 99.0 Å². The van der Waals surface area contributed by atoms with E-state index in [4.69, 9.17) is 71.1 Å². The van der Waals surface area contributed by atoms with Gasteiger partial charge in [0.2, 0.25) is 0 Å². The molecular weight excluding hydrogens is 620 g/mol. The largest absolute Gasteiger partial charge is 0.463 e. The summed E-state index contributed by atoms with van der Waals surface area (Å²) in [5, 5.41) is 10.6. The monoisotopic (exact) mass is 672 g/mol. The van der Waals surface area contributed by atoms with Crippen LogP contribution in [0.4, 0.5) is 0 Å². The summed E-state index contributed by atoms with van der Waals surface area (Å²) >= 11 is 0. The maximum absolute atomic E-state index is 11.6. The fraction of sp³-hybridized carbons (Fsp3) is 0.966. The summed E-state index contributed by atoms with van der Waals surface area (Å²) in [4.78, 5) is 11.6. The Balaban J connectivity index is 1.93. The molecule has 0 bridgehead atoms. The molecule has 15 atom stereocenters. The van der Waals surface area contributed by atoms with E-state index < -0.39 is 98.1 Å². The Morgan fingerprint density at radius 3 is 1.26 bits per heavy atom. The van der Waals surface area contributed by atoms with Crippen molar-refractivity contribution < 1.29 is 81.0 Å². The van der Waals surface area contributed by atoms with Crippen molar-refractivity contribution in [2.24, 2.45) is 0 Å². The molecule has 17 heteroatoms. The first-order valence-electron chi connectivity index (χ1n) is 14.9. The Bertz CT molecular complexity index is 883. The van der Waals surface area contributed by atoms with Crippen LogP contribution in [-0.2, 0) is 75.8 Å². The molecule has 0 radical (unpaired) electrons. The predicted molar refractivity (Wildman–Crippen MR) is 154 cm³/mol. The molecule has 7 unspecified atom stereocenters. The second kappa shape index (κ2) is 19.2. The molecule has 3 saturated heterocycles. The molecule has 0 aromatic carbocycles. The zero-order valence-corrected chi connectivity index (χ0v) is 28.3. The molecule has 3 rings (SSSR count). The van der Waals surface area contributed by atoms with Crippen LogP contribution < -0.4 is 0 Å². The summed E-state index contributed by atoms with van der Waals surface area (Å²) in [6.07, 6.45) is -12.8. The molecule has 0 amide bonds. The van der Waals surface area contributed by atoms with Crippen molar-refractivity contribution in [3.8, 4) is 0 Å². The van der Waals surface area contributed by atoms with Gasteiger partial charge in [-0.1, -0.05) is 0 Å². The summed E-state index contributed by atoms with van der Waals surface area (Å²) in [5.41, 5.74) is 0. The van der Waals surface area contributed by atoms with Gasteiger partial charge < -0.3 is 76.2 Å². The van der Waals surface area contributed by atoms with Crippen LogP contribution in [0.15, 0.2) is 0 Å². The van der Waals surface area contributed by atoms with Gasteiger partial charge >= 0.3 is 5.97 Å². The number of aliphatic hydroxyl groups excluding tert-OH is 1. The fourth-order valence-electron chi connectivity index (χ4n) is 6.28. The van der Waals surface area contributed by atoms with Gasteiger partial charge in [0.15, 0.2) is 18.9 Å². The molecule has 3 fully saturated rings. The lowest BCUT2D eigenvalue weighted by molar-refractivity contribution is -0.384. The van der Waals surface area contributed by atoms with Crippen molar-refractivity contribution in [2.75, 3.05) is 83.8 Å². The van der Waals surface area contributed by atoms with Gasteiger partial charge in [-0.25, -0.2) is 0 Å². The van der Waals surface area contributed by atoms with Crippen LogP contribution in [0.2, 0.25) is 0 Å². The van der Waals surface area contributed by atoms with Crippen molar-refractivity contribution >= 4 is 5.97 Å². The van der Waals surface area contributed by atoms with Crippen LogP contribution in [0.5, 0.6) is 0 Å². The smallest absolute Gasteiger partial charge is 0.302 e. The molecule has 3 aliphatic rings. The summed E-state index contributed by atoms with van der Waals surface area (Å²) in [5.74, 6) is -0.539. The number of aliphatic hydroxyl groups is 1. The quantitative estimate of drug-likeness (QED) is 0.184. The molecule has 3 aliphatic heterocycles. The van der Waals surface area contributed by atoms with Crippen LogP contribution in [0, 0.1) is 0 Å². The fourth-order valence-corrected chi connectivity index (χ4v) is 6.28. The third-order valence-corrected chi connectivity index (χ3v) is 8.39. The zero-order chi connectivity index (χ0) is 34.0. The van der Waals surface area contributed by atoms with Gasteiger partial charge in [0, 0.05) is 70.9 Å². The van der Waals surface area contributed by atoms with Gasteiger partial charge in [-0.3, -0.25) is 4.79 Å². The molecule has 17 nitrogen and oxygen atoms in total. The zero-order valence-electron chi connectivity index (χ0n) is 28.3. The summed E-state index contributed by atoms with van der Waals surface area (Å²) in [6, 6.07) is 0. The molecule has 0 aliphatic carbocycles. The van der Waals surface area contributed by atoms with Crippen molar-refractivity contribution in [1.29, 1.82) is 0 Å². The third-order valence-electron chi connectivity index (χ3n) is 8.39. The number of carbonyl (C=O) groups is 1. The molecule has 0 aromatic rings. The first-order valence-corrected chi connectivity index (χ1v) is 14.9. The normalized spacial score (nSPS) is 41.8. The molecular formula is C29H52O17. The minimum Gasteiger partial charge on any atom is -0.463 e. The predicted octanol–water partition coefficient (Wildman–Crippen LogP) is -1.12. The minimum atomic E-state index is -1.38. The Morgan fingerprint density at radius 2 is 0.870 bits per heavy atom. The van der Waals surface area contributed by atoms with E-state index in [9.17, 15) is 9.90 Å². The van der Waals surface area contributed by atoms with Gasteiger partial charge in [-0.15, -0.1) is 0 Å². The summed E-state index contributed by atoms with van der Waals surface area (Å²) in [7, 11) is 13.5. The van der Waals surface area contributed by atoms with Crippen LogP contribution in [0.3, 0.4) is 0 Å². The van der Waals surface area contributed by atoms with E-state index in [2.05, 4.69) is 0 Å². The van der Waals surface area contributed by atoms with Gasteiger partial charge in [0.05, 0.1) is 13.2 Å². The minimum absolute atomic E-state index is 0.0618. The lowest BCUT2D eigenvalue weighted by Crippen LogP contribution is -2.67. The molecule has 0 spiro atoms. The summed E-state index contributed by atoms with van der Waals surface area (Å²) < 4.78 is 87.9. The Labute approximate surface area is 270 Å². The van der Waals surface area contributed by atoms with E-state index >= 15 is 0 Å². The summed E-state index contributed by atoms with van der Waals surface area (Å²) in [6.45, 7) is 1.29. The second-order valence-electron chi connectivity index (χ2n) is 11.0. The molecule has 46 heavy (non-hydrogen) atoms. The molecule has 0 aromatic heterocycles. The number of esters is 1. The van der Waals surface area contributed by atoms with E-state index in [1.165, 1.54) is 49.6 Å². The lowest BCUT2D eigenvalue weighted by atomic mass is 9.95. The molecule has 3 heterocycles. The van der Waals surface area contributed by atoms with Crippen LogP contribution >= 0.6 is 0 Å². The standard InChI is InChI=1S/C29H52O17/c1-14(30)41-13-17-20(22(36-6)24(38-8)27(31)42-17)46-29-26(40-10)23(37-7)19(16(44-29)12-33-3)45-28-25(39-9)21(35-5)18(34-4)15(43-28)11-32-2/h15-29,31H,11-13H2,1-10H3/t15-,16-,17?,18+,19+,20+,21?,22+,23?,24?,25?,26?,27?,28+,29-/m0/s1. The van der Waals surface area contributed by atoms with Crippen LogP contribution in [-0.4, -0.2) is 187 Å². The highest BCUT2D eigenvalue weighted by atomic mass is 16.8. The number of hydrogen-bond acceptors (Lipinski definition) is 17. The molecule has 0 saturated carbocycles. The average molecular weight is 673 g/mol. The Kier molecular flexibility index (Phi) is 16.4. The molecule has 1 N–H and O–H groups in total. The number of ether oxygens (including phenoxy) is 15. The van der Waals surface area contributed by atoms with E-state index in [0.29, 0.717) is 0 Å². The Hall–Kier alpha value is -1.13. The maximum atomic E-state index is 11.6. The van der Waals surface area contributed by atoms with Crippen molar-refractivity contribution in [1.82, 2.24) is 0 Å². The highest BCUT2D eigenvalue weighted by molar-refractivity contribution is 5.65. The van der Waals surface area contributed by atoms with Gasteiger partial charge in [-0.05, 0) is 0 Å². The SMILES string of the molecule is COC[C@@H]1O[C@H](O[C@H]2C(OC)C(OC)[C@H](O[C@@H]3C(COC(C)=O)OC(O)C(OC)[C@@H]3OC)O[C@H]2COC)C(OC)C(OC)[C@@H]1OC. The third kappa shape index (κ3) is 8.90. The van der Waals surface area contributed by atoms with Crippen LogP contribution in [0.25, 0.3) is 0 Å². The van der Waals surface area contributed by atoms with Crippen molar-refractivity contribution in [3.63, 3.8) is 0 Å². The van der Waals surface area contributed by atoms with E-state index in [1.54, 1.807) is 21.3 Å². The average Bonchev–Trinajstić information content (AvgIpc) is 3.04. The lowest BCUT2D eigenvalue weighted by Gasteiger charge is -2.50. The van der Waals surface area contributed by atoms with Gasteiger partial charge in [0.25, 0.3) is 0 Å². The highest BCUT2D eigenvalue weighted by Gasteiger charge is 2.56. The van der Waals surface area contributed by atoms with E-state index in [1.807, 2.05) is 0 Å². The Morgan fingerprint density at radius 1 is 0.500 bits per heavy atom. The number of methoxy groups -OCH3 is 9. The first-order chi connectivity index (χ1) is 22.2. The van der Waals surface area contributed by atoms with Gasteiger partial charge in [0.1, 0.15) is 79.9 Å². The number of rotatable bonds is 17. The maximum Gasteiger partial charge on any atom is 0.302 e.